The number of nitrogens with two attached hydrogens (primary N) is 2. The van der Waals surface area contributed by atoms with Crippen LogP contribution < -0.4 is 16.2 Å². The van der Waals surface area contributed by atoms with Crippen molar-refractivity contribution in [1.82, 2.24) is 9.97 Å². The molecule has 0 spiro atoms. The minimum atomic E-state index is -0.490. The summed E-state index contributed by atoms with van der Waals surface area (Å²) in [6, 6.07) is 10.3. The maximum absolute atomic E-state index is 14.2. The first-order chi connectivity index (χ1) is 15.0. The lowest BCUT2D eigenvalue weighted by Gasteiger charge is -2.22. The monoisotopic (exact) mass is 417 g/mol. The Labute approximate surface area is 180 Å². The van der Waals surface area contributed by atoms with Gasteiger partial charge in [0.15, 0.2) is 11.6 Å². The van der Waals surface area contributed by atoms with E-state index in [0.29, 0.717) is 24.3 Å². The summed E-state index contributed by atoms with van der Waals surface area (Å²) in [5.41, 5.74) is 17.6. The number of hydrogen-bond donors (Lipinski definition) is 2. The summed E-state index contributed by atoms with van der Waals surface area (Å²) in [5, 5.41) is 0. The van der Waals surface area contributed by atoms with Crippen LogP contribution in [-0.2, 0) is 6.42 Å². The number of allylic oxidation sites excluding steroid dienone is 1. The molecule has 1 aliphatic rings. The highest BCUT2D eigenvalue weighted by Crippen LogP contribution is 2.35. The number of fused-ring (bicyclic) bond motifs is 5. The van der Waals surface area contributed by atoms with Gasteiger partial charge in [-0.15, -0.1) is 0 Å². The smallest absolute Gasteiger partial charge is 0.166 e. The number of rotatable bonds is 1. The van der Waals surface area contributed by atoms with E-state index >= 15 is 0 Å². The third-order valence-electron chi connectivity index (χ3n) is 5.26. The summed E-state index contributed by atoms with van der Waals surface area (Å²) in [7, 11) is 0. The fourth-order valence-corrected chi connectivity index (χ4v) is 3.81. The zero-order valence-corrected chi connectivity index (χ0v) is 17.5. The van der Waals surface area contributed by atoms with E-state index in [4.69, 9.17) is 16.2 Å². The fraction of sp³-hybridized carbons (Fsp3) is 0.208. The van der Waals surface area contributed by atoms with Gasteiger partial charge in [-0.3, -0.25) is 9.98 Å². The van der Waals surface area contributed by atoms with Crippen LogP contribution >= 0.6 is 0 Å². The van der Waals surface area contributed by atoms with Gasteiger partial charge in [0.2, 0.25) is 0 Å². The molecule has 0 amide bonds. The van der Waals surface area contributed by atoms with Crippen molar-refractivity contribution in [3.63, 3.8) is 0 Å². The molecule has 2 bridgehead atoms. The molecule has 0 radical (unpaired) electrons. The second kappa shape index (κ2) is 8.55. The number of nitrogen functional groups attached to an aromatic ring is 1. The largest absolute Gasteiger partial charge is 0.482 e. The normalized spacial score (nSPS) is 18.5. The molecule has 4 rings (SSSR count). The van der Waals surface area contributed by atoms with Gasteiger partial charge in [0.05, 0.1) is 11.4 Å². The lowest BCUT2D eigenvalue weighted by molar-refractivity contribution is 0.227. The molecule has 7 heteroatoms. The van der Waals surface area contributed by atoms with Crippen molar-refractivity contribution < 1.29 is 9.13 Å². The summed E-state index contributed by atoms with van der Waals surface area (Å²) >= 11 is 0. The number of aromatic nitrogens is 2. The van der Waals surface area contributed by atoms with E-state index in [9.17, 15) is 4.39 Å². The summed E-state index contributed by atoms with van der Waals surface area (Å²) in [6.07, 6.45) is 4.96. The lowest BCUT2D eigenvalue weighted by Crippen LogP contribution is -2.15. The number of pyridine rings is 2. The van der Waals surface area contributed by atoms with Gasteiger partial charge in [0.1, 0.15) is 11.9 Å². The maximum Gasteiger partial charge on any atom is 0.166 e. The molecule has 1 unspecified atom stereocenters. The van der Waals surface area contributed by atoms with Crippen LogP contribution in [0, 0.1) is 5.82 Å². The average Bonchev–Trinajstić information content (AvgIpc) is 2.77. The zero-order valence-electron chi connectivity index (χ0n) is 17.5. The molecule has 158 valence electrons. The van der Waals surface area contributed by atoms with Crippen molar-refractivity contribution in [2.24, 2.45) is 10.7 Å². The van der Waals surface area contributed by atoms with Gasteiger partial charge in [-0.1, -0.05) is 6.07 Å². The van der Waals surface area contributed by atoms with Crippen LogP contribution in [-0.4, -0.2) is 22.2 Å². The lowest BCUT2D eigenvalue weighted by atomic mass is 9.91. The summed E-state index contributed by atoms with van der Waals surface area (Å²) in [5.74, 6) is 0.305. The Kier molecular flexibility index (Phi) is 5.66. The fourth-order valence-electron chi connectivity index (χ4n) is 3.81. The summed E-state index contributed by atoms with van der Waals surface area (Å²) in [6.45, 7) is 4.39. The molecule has 2 aromatic heterocycles. The van der Waals surface area contributed by atoms with Crippen molar-refractivity contribution >= 4 is 11.5 Å². The molecule has 3 aromatic rings. The Morgan fingerprint density at radius 3 is 2.87 bits per heavy atom. The van der Waals surface area contributed by atoms with E-state index in [0.717, 1.165) is 33.7 Å². The van der Waals surface area contributed by atoms with E-state index < -0.39 is 6.10 Å². The van der Waals surface area contributed by atoms with E-state index in [1.165, 1.54) is 12.1 Å². The van der Waals surface area contributed by atoms with E-state index in [-0.39, 0.29) is 11.6 Å². The van der Waals surface area contributed by atoms with Gasteiger partial charge in [0.25, 0.3) is 0 Å². The van der Waals surface area contributed by atoms with Crippen LogP contribution in [0.25, 0.3) is 11.3 Å². The molecule has 0 saturated carbocycles. The molecular weight excluding hydrogens is 393 g/mol. The van der Waals surface area contributed by atoms with E-state index in [1.807, 2.05) is 32.0 Å². The van der Waals surface area contributed by atoms with Gasteiger partial charge < -0.3 is 16.2 Å². The Morgan fingerprint density at radius 2 is 2.10 bits per heavy atom. The molecule has 0 fully saturated rings. The first-order valence-corrected chi connectivity index (χ1v) is 10.1. The predicted molar refractivity (Wildman–Crippen MR) is 120 cm³/mol. The van der Waals surface area contributed by atoms with Crippen molar-refractivity contribution in [2.75, 3.05) is 12.3 Å². The van der Waals surface area contributed by atoms with E-state index in [1.54, 1.807) is 24.7 Å². The van der Waals surface area contributed by atoms with Crippen molar-refractivity contribution in [2.45, 2.75) is 26.4 Å². The number of nitrogens with zero attached hydrogens (tertiary/aromatic N) is 3. The zero-order chi connectivity index (χ0) is 22.0. The van der Waals surface area contributed by atoms with Crippen LogP contribution in [0.2, 0.25) is 0 Å². The molecule has 0 aliphatic carbocycles. The minimum Gasteiger partial charge on any atom is -0.482 e. The van der Waals surface area contributed by atoms with Crippen LogP contribution in [0.4, 0.5) is 10.2 Å². The molecule has 31 heavy (non-hydrogen) atoms. The number of anilines is 1. The minimum absolute atomic E-state index is 0.248. The average molecular weight is 417 g/mol. The van der Waals surface area contributed by atoms with Gasteiger partial charge in [0, 0.05) is 42.0 Å². The highest BCUT2D eigenvalue weighted by atomic mass is 19.1. The molecule has 4 N–H and O–H groups in total. The predicted octanol–water partition coefficient (Wildman–Crippen LogP) is 4.21. The van der Waals surface area contributed by atoms with Crippen LogP contribution in [0.5, 0.6) is 5.75 Å². The quantitative estimate of drug-likeness (QED) is 0.618. The number of ether oxygens (including phenoxy) is 1. The standard InChI is InChI=1S/C24H24FN5O/c1-3-28-22-16(12-26)9-15-5-4-8-29-23(15)19-7-6-18(25)11-20(19)14(2)31-21-10-17(22)13-30-24(21)27/h4-8,10-14H,3,9,26H2,1-2H3,(H2,27,30). The Morgan fingerprint density at radius 1 is 1.26 bits per heavy atom. The highest BCUT2D eigenvalue weighted by molar-refractivity contribution is 6.13. The molecule has 1 atom stereocenters. The molecule has 1 aromatic carbocycles. The van der Waals surface area contributed by atoms with Gasteiger partial charge in [-0.05, 0) is 61.5 Å². The molecule has 3 heterocycles. The Bertz CT molecular complexity index is 1190. The topological polar surface area (TPSA) is 99.4 Å². The Hall–Kier alpha value is -3.74. The summed E-state index contributed by atoms with van der Waals surface area (Å²) < 4.78 is 20.4. The van der Waals surface area contributed by atoms with Crippen LogP contribution in [0.15, 0.2) is 65.6 Å². The first kappa shape index (κ1) is 20.5. The number of aliphatic imine (C=N–C) groups is 1. The molecule has 6 nitrogen and oxygen atoms in total. The van der Waals surface area contributed by atoms with Gasteiger partial charge >= 0.3 is 0 Å². The van der Waals surface area contributed by atoms with E-state index in [2.05, 4.69) is 15.0 Å². The number of hydrogen-bond acceptors (Lipinski definition) is 6. The molecule has 0 saturated heterocycles. The second-order valence-corrected chi connectivity index (χ2v) is 7.30. The van der Waals surface area contributed by atoms with Crippen LogP contribution in [0.3, 0.4) is 0 Å². The van der Waals surface area contributed by atoms with Crippen molar-refractivity contribution in [3.8, 4) is 17.0 Å². The van der Waals surface area contributed by atoms with Crippen molar-refractivity contribution in [1.29, 1.82) is 0 Å². The van der Waals surface area contributed by atoms with Crippen LogP contribution in [0.1, 0.15) is 36.6 Å². The molecule has 1 aliphatic heterocycles. The highest BCUT2D eigenvalue weighted by Gasteiger charge is 2.22. The maximum atomic E-state index is 14.2. The number of halogens is 1. The number of benzene rings is 1. The van der Waals surface area contributed by atoms with Gasteiger partial charge in [-0.2, -0.15) is 0 Å². The summed E-state index contributed by atoms with van der Waals surface area (Å²) in [4.78, 5) is 13.6. The third-order valence-corrected chi connectivity index (χ3v) is 5.26. The molecular formula is C24H24FN5O. The van der Waals surface area contributed by atoms with Crippen molar-refractivity contribution in [3.05, 3.63) is 83.1 Å². The Balaban J connectivity index is 2.01. The second-order valence-electron chi connectivity index (χ2n) is 7.30. The SMILES string of the molecule is CCN=C1C(=CN)Cc2cccnc2-c2ccc(F)cc2C(C)Oc2cc1cnc2N. The third kappa shape index (κ3) is 3.99. The first-order valence-electron chi connectivity index (χ1n) is 10.1. The van der Waals surface area contributed by atoms with Gasteiger partial charge in [-0.25, -0.2) is 9.37 Å².